The minimum atomic E-state index is 0.414. The molecule has 0 radical (unpaired) electrons. The van der Waals surface area contributed by atoms with Crippen molar-refractivity contribution in [1.82, 2.24) is 9.97 Å². The van der Waals surface area contributed by atoms with Gasteiger partial charge in [0.2, 0.25) is 5.71 Å². The average molecular weight is 407 g/mol. The van der Waals surface area contributed by atoms with E-state index in [0.29, 0.717) is 23.7 Å². The molecule has 4 heterocycles. The van der Waals surface area contributed by atoms with E-state index in [4.69, 9.17) is 8.83 Å². The normalized spacial score (nSPS) is 11.9. The summed E-state index contributed by atoms with van der Waals surface area (Å²) in [5, 5.41) is 2.37. The number of aromatic nitrogens is 2. The molecular weight excluding hydrogens is 372 g/mol. The molecule has 0 aliphatic carbocycles. The van der Waals surface area contributed by atoms with E-state index in [1.54, 1.807) is 12.4 Å². The third-order valence-electron chi connectivity index (χ3n) is 5.30. The lowest BCUT2D eigenvalue weighted by atomic mass is 9.95. The Morgan fingerprint density at radius 2 is 1.27 bits per heavy atom. The second kappa shape index (κ2) is 9.03. The van der Waals surface area contributed by atoms with Crippen molar-refractivity contribution in [3.05, 3.63) is 59.4 Å². The van der Waals surface area contributed by atoms with E-state index in [-0.39, 0.29) is 0 Å². The highest BCUT2D eigenvalue weighted by Gasteiger charge is 2.20. The molecule has 0 aliphatic rings. The van der Waals surface area contributed by atoms with Crippen molar-refractivity contribution >= 4 is 22.1 Å². The monoisotopic (exact) mass is 406 g/mol. The summed E-state index contributed by atoms with van der Waals surface area (Å²) < 4.78 is 11.7. The zero-order chi connectivity index (χ0) is 22.0. The molecule has 0 amide bonds. The van der Waals surface area contributed by atoms with E-state index >= 15 is 0 Å². The molecule has 160 valence electrons. The summed E-state index contributed by atoms with van der Waals surface area (Å²) in [4.78, 5) is 8.35. The van der Waals surface area contributed by atoms with Gasteiger partial charge in [-0.3, -0.25) is 4.98 Å². The van der Waals surface area contributed by atoms with Gasteiger partial charge in [-0.05, 0) is 30.0 Å². The maximum atomic E-state index is 5.86. The molecule has 0 N–H and O–H groups in total. The van der Waals surface area contributed by atoms with Crippen molar-refractivity contribution in [3.8, 4) is 0 Å². The fraction of sp³-hybridized carbons (Fsp3) is 0.462. The number of rotatable bonds is 4. The SMILES string of the molecule is CC(C)c1oc2cnccc2c1C(C)C.CC(C)c1oc2ncccc2c1C(C)C. The molecule has 0 aliphatic heterocycles. The summed E-state index contributed by atoms with van der Waals surface area (Å²) in [5.41, 5.74) is 4.32. The first-order valence-electron chi connectivity index (χ1n) is 11.0. The van der Waals surface area contributed by atoms with Crippen LogP contribution in [0.2, 0.25) is 0 Å². The van der Waals surface area contributed by atoms with Gasteiger partial charge in [0.05, 0.1) is 6.20 Å². The van der Waals surface area contributed by atoms with Gasteiger partial charge >= 0.3 is 0 Å². The molecule has 4 heteroatoms. The Bertz CT molecular complexity index is 1030. The molecule has 0 bridgehead atoms. The zero-order valence-corrected chi connectivity index (χ0v) is 19.5. The number of fused-ring (bicyclic) bond motifs is 2. The van der Waals surface area contributed by atoms with E-state index in [0.717, 1.165) is 28.2 Å². The topological polar surface area (TPSA) is 52.1 Å². The molecule has 30 heavy (non-hydrogen) atoms. The summed E-state index contributed by atoms with van der Waals surface area (Å²) in [6.07, 6.45) is 5.40. The molecule has 0 aromatic carbocycles. The van der Waals surface area contributed by atoms with Crippen LogP contribution in [0.15, 0.2) is 45.6 Å². The Morgan fingerprint density at radius 3 is 1.87 bits per heavy atom. The molecule has 0 atom stereocenters. The van der Waals surface area contributed by atoms with Crippen LogP contribution in [0.4, 0.5) is 0 Å². The van der Waals surface area contributed by atoms with Crippen molar-refractivity contribution in [2.45, 2.75) is 79.1 Å². The van der Waals surface area contributed by atoms with Crippen LogP contribution < -0.4 is 0 Å². The fourth-order valence-corrected chi connectivity index (χ4v) is 4.01. The predicted molar refractivity (Wildman–Crippen MR) is 124 cm³/mol. The van der Waals surface area contributed by atoms with Gasteiger partial charge in [0.1, 0.15) is 11.5 Å². The first-order valence-corrected chi connectivity index (χ1v) is 11.0. The third kappa shape index (κ3) is 4.28. The summed E-state index contributed by atoms with van der Waals surface area (Å²) in [6, 6.07) is 6.10. The summed E-state index contributed by atoms with van der Waals surface area (Å²) >= 11 is 0. The van der Waals surface area contributed by atoms with Gasteiger partial charge in [-0.15, -0.1) is 0 Å². The van der Waals surface area contributed by atoms with Crippen LogP contribution in [0.25, 0.3) is 22.1 Å². The van der Waals surface area contributed by atoms with Gasteiger partial charge in [0.25, 0.3) is 0 Å². The van der Waals surface area contributed by atoms with Crippen molar-refractivity contribution < 1.29 is 8.83 Å². The lowest BCUT2D eigenvalue weighted by Crippen LogP contribution is -1.94. The Kier molecular flexibility index (Phi) is 6.64. The maximum absolute atomic E-state index is 5.86. The smallest absolute Gasteiger partial charge is 0.226 e. The van der Waals surface area contributed by atoms with Crippen LogP contribution >= 0.6 is 0 Å². The lowest BCUT2D eigenvalue weighted by Gasteiger charge is -2.08. The molecule has 0 fully saturated rings. The third-order valence-corrected chi connectivity index (χ3v) is 5.30. The number of hydrogen-bond acceptors (Lipinski definition) is 4. The minimum Gasteiger partial charge on any atom is -0.459 e. The van der Waals surface area contributed by atoms with Gasteiger partial charge in [0, 0.05) is 46.1 Å². The van der Waals surface area contributed by atoms with Crippen molar-refractivity contribution in [3.63, 3.8) is 0 Å². The van der Waals surface area contributed by atoms with Gasteiger partial charge in [0.15, 0.2) is 5.58 Å². The Labute approximate surface area is 179 Å². The summed E-state index contributed by atoms with van der Waals surface area (Å²) in [6.45, 7) is 17.4. The van der Waals surface area contributed by atoms with Crippen molar-refractivity contribution in [2.24, 2.45) is 0 Å². The Balaban J connectivity index is 0.000000171. The Hall–Kier alpha value is -2.62. The van der Waals surface area contributed by atoms with Crippen LogP contribution in [0.3, 0.4) is 0 Å². The van der Waals surface area contributed by atoms with Gasteiger partial charge in [-0.2, -0.15) is 0 Å². The number of nitrogens with zero attached hydrogens (tertiary/aromatic N) is 2. The van der Waals surface area contributed by atoms with Crippen LogP contribution in [-0.4, -0.2) is 9.97 Å². The quantitative estimate of drug-likeness (QED) is 0.343. The first-order chi connectivity index (χ1) is 14.2. The molecule has 0 spiro atoms. The van der Waals surface area contributed by atoms with Crippen molar-refractivity contribution in [1.29, 1.82) is 0 Å². The number of furan rings is 2. The molecule has 4 nitrogen and oxygen atoms in total. The van der Waals surface area contributed by atoms with Gasteiger partial charge in [-0.1, -0.05) is 55.4 Å². The van der Waals surface area contributed by atoms with Crippen molar-refractivity contribution in [2.75, 3.05) is 0 Å². The molecule has 4 aromatic heterocycles. The highest BCUT2D eigenvalue weighted by Crippen LogP contribution is 2.36. The van der Waals surface area contributed by atoms with Gasteiger partial charge < -0.3 is 8.83 Å². The highest BCUT2D eigenvalue weighted by atomic mass is 16.3. The molecule has 0 saturated heterocycles. The van der Waals surface area contributed by atoms with E-state index in [2.05, 4.69) is 71.4 Å². The molecule has 0 unspecified atom stereocenters. The predicted octanol–water partition coefficient (Wildman–Crippen LogP) is 8.15. The van der Waals surface area contributed by atoms with E-state index < -0.39 is 0 Å². The zero-order valence-electron chi connectivity index (χ0n) is 19.5. The second-order valence-electron chi connectivity index (χ2n) is 9.11. The average Bonchev–Trinajstić information content (AvgIpc) is 3.27. The molecule has 4 aromatic rings. The van der Waals surface area contributed by atoms with E-state index in [9.17, 15) is 0 Å². The molecule has 0 saturated carbocycles. The lowest BCUT2D eigenvalue weighted by molar-refractivity contribution is 0.504. The van der Waals surface area contributed by atoms with Crippen LogP contribution in [0, 0.1) is 0 Å². The maximum Gasteiger partial charge on any atom is 0.226 e. The first kappa shape index (κ1) is 22.1. The largest absolute Gasteiger partial charge is 0.459 e. The Morgan fingerprint density at radius 1 is 0.667 bits per heavy atom. The van der Waals surface area contributed by atoms with Gasteiger partial charge in [-0.25, -0.2) is 4.98 Å². The molecular formula is C26H34N2O2. The van der Waals surface area contributed by atoms with Crippen LogP contribution in [0.5, 0.6) is 0 Å². The summed E-state index contributed by atoms with van der Waals surface area (Å²) in [5.74, 6) is 4.00. The minimum absolute atomic E-state index is 0.414. The summed E-state index contributed by atoms with van der Waals surface area (Å²) in [7, 11) is 0. The van der Waals surface area contributed by atoms with Crippen LogP contribution in [0.1, 0.15) is 102 Å². The highest BCUT2D eigenvalue weighted by molar-refractivity contribution is 5.82. The number of hydrogen-bond donors (Lipinski definition) is 0. The number of pyridine rings is 2. The van der Waals surface area contributed by atoms with E-state index in [1.807, 2.05) is 18.3 Å². The molecule has 4 rings (SSSR count). The van der Waals surface area contributed by atoms with Crippen LogP contribution in [-0.2, 0) is 0 Å². The standard InChI is InChI=1S/2C13H17NO/c1-8(2)12-10-5-6-14-7-11(10)15-13(12)9(3)4;1-8(2)11-10-6-5-7-14-13(10)15-12(11)9(3)4/h2*5-9H,1-4H3. The second-order valence-corrected chi connectivity index (χ2v) is 9.11. The van der Waals surface area contributed by atoms with E-state index in [1.165, 1.54) is 16.5 Å². The fourth-order valence-electron chi connectivity index (χ4n) is 4.01.